The Balaban J connectivity index is 1.42. The summed E-state index contributed by atoms with van der Waals surface area (Å²) in [6.45, 7) is 9.00. The molecule has 0 radical (unpaired) electrons. The van der Waals surface area contributed by atoms with Crippen LogP contribution in [0.5, 0.6) is 0 Å². The molecule has 2 aromatic rings. The number of piperazine rings is 2. The van der Waals surface area contributed by atoms with E-state index in [2.05, 4.69) is 48.7 Å². The molecule has 150 valence electrons. The number of hydrogen-bond donors (Lipinski definition) is 0. The Morgan fingerprint density at radius 1 is 1.00 bits per heavy atom. The molecular weight excluding hydrogens is 440 g/mol. The van der Waals surface area contributed by atoms with Gasteiger partial charge in [0.2, 0.25) is 5.95 Å². The lowest BCUT2D eigenvalue weighted by Gasteiger charge is -2.36. The predicted octanol–water partition coefficient (Wildman–Crippen LogP) is 2.32. The fourth-order valence-electron chi connectivity index (χ4n) is 3.57. The van der Waals surface area contributed by atoms with E-state index in [1.165, 1.54) is 11.3 Å². The number of aryl methyl sites for hydroxylation is 1. The lowest BCUT2D eigenvalue weighted by Crippen LogP contribution is -2.49. The van der Waals surface area contributed by atoms with Crippen molar-refractivity contribution in [3.8, 4) is 0 Å². The van der Waals surface area contributed by atoms with Crippen molar-refractivity contribution in [3.63, 3.8) is 0 Å². The van der Waals surface area contributed by atoms with Crippen molar-refractivity contribution in [1.29, 1.82) is 0 Å². The number of aromatic nitrogens is 2. The number of anilines is 2. The van der Waals surface area contributed by atoms with Crippen molar-refractivity contribution < 1.29 is 4.79 Å². The topological polar surface area (TPSA) is 55.8 Å². The molecule has 2 saturated heterocycles. The molecule has 2 aromatic heterocycles. The molecule has 0 spiro atoms. The van der Waals surface area contributed by atoms with Gasteiger partial charge in [-0.25, -0.2) is 4.98 Å². The molecule has 9 heteroatoms. The standard InChI is InChI=1S/C19H25BrN6OS/c1-14-11-17(24-5-3-23(2)4-6-24)22-19(21-14)26-9-7-25(8-10-26)18(27)16-12-15(20)13-28-16/h11-13H,3-10H2,1-2H3. The number of rotatable bonds is 3. The summed E-state index contributed by atoms with van der Waals surface area (Å²) in [5, 5.41) is 1.95. The number of halogens is 1. The van der Waals surface area contributed by atoms with E-state index in [1.807, 2.05) is 23.3 Å². The quantitative estimate of drug-likeness (QED) is 0.694. The summed E-state index contributed by atoms with van der Waals surface area (Å²) in [6, 6.07) is 3.97. The van der Waals surface area contributed by atoms with Crippen molar-refractivity contribution in [3.05, 3.63) is 32.6 Å². The van der Waals surface area contributed by atoms with Crippen LogP contribution in [0.15, 0.2) is 22.0 Å². The number of carbonyl (C=O) groups is 1. The molecule has 7 nitrogen and oxygen atoms in total. The molecule has 0 unspecified atom stereocenters. The first-order valence-corrected chi connectivity index (χ1v) is 11.2. The summed E-state index contributed by atoms with van der Waals surface area (Å²) >= 11 is 4.91. The molecule has 0 saturated carbocycles. The van der Waals surface area contributed by atoms with E-state index in [-0.39, 0.29) is 5.91 Å². The smallest absolute Gasteiger partial charge is 0.264 e. The summed E-state index contributed by atoms with van der Waals surface area (Å²) in [6.07, 6.45) is 0. The zero-order valence-corrected chi connectivity index (χ0v) is 18.7. The van der Waals surface area contributed by atoms with Gasteiger partial charge in [0.15, 0.2) is 0 Å². The van der Waals surface area contributed by atoms with Crippen molar-refractivity contribution >= 4 is 44.9 Å². The van der Waals surface area contributed by atoms with E-state index in [0.717, 1.165) is 66.1 Å². The molecule has 0 aliphatic carbocycles. The fourth-order valence-corrected chi connectivity index (χ4v) is 4.96. The second-order valence-corrected chi connectivity index (χ2v) is 9.19. The van der Waals surface area contributed by atoms with Crippen LogP contribution in [0.25, 0.3) is 0 Å². The molecule has 2 aliphatic rings. The van der Waals surface area contributed by atoms with Crippen LogP contribution in [0.1, 0.15) is 15.4 Å². The first-order chi connectivity index (χ1) is 13.5. The summed E-state index contributed by atoms with van der Waals surface area (Å²) < 4.78 is 0.962. The number of thiophene rings is 1. The van der Waals surface area contributed by atoms with E-state index >= 15 is 0 Å². The minimum Gasteiger partial charge on any atom is -0.354 e. The normalized spacial score (nSPS) is 18.6. The van der Waals surface area contributed by atoms with Crippen LogP contribution in [0.3, 0.4) is 0 Å². The number of likely N-dealkylation sites (N-methyl/N-ethyl adjacent to an activating group) is 1. The summed E-state index contributed by atoms with van der Waals surface area (Å²) in [5.74, 6) is 1.90. The number of hydrogen-bond acceptors (Lipinski definition) is 7. The van der Waals surface area contributed by atoms with Crippen LogP contribution in [-0.4, -0.2) is 85.1 Å². The van der Waals surface area contributed by atoms with Crippen LogP contribution >= 0.6 is 27.3 Å². The van der Waals surface area contributed by atoms with Gasteiger partial charge in [-0.3, -0.25) is 4.79 Å². The SMILES string of the molecule is Cc1cc(N2CCN(C)CC2)nc(N2CCN(C(=O)c3cc(Br)cs3)CC2)n1. The zero-order chi connectivity index (χ0) is 19.7. The van der Waals surface area contributed by atoms with Crippen LogP contribution in [0.2, 0.25) is 0 Å². The fraction of sp³-hybridized carbons (Fsp3) is 0.526. The van der Waals surface area contributed by atoms with Gasteiger partial charge in [0.25, 0.3) is 5.91 Å². The van der Waals surface area contributed by atoms with Gasteiger partial charge in [-0.15, -0.1) is 11.3 Å². The summed E-state index contributed by atoms with van der Waals surface area (Å²) in [5.41, 5.74) is 0.987. The third kappa shape index (κ3) is 4.31. The minimum absolute atomic E-state index is 0.110. The van der Waals surface area contributed by atoms with Gasteiger partial charge in [-0.2, -0.15) is 4.98 Å². The van der Waals surface area contributed by atoms with Gasteiger partial charge in [0, 0.05) is 74.0 Å². The van der Waals surface area contributed by atoms with Crippen molar-refractivity contribution in [2.24, 2.45) is 0 Å². The van der Waals surface area contributed by atoms with Crippen molar-refractivity contribution in [2.45, 2.75) is 6.92 Å². The summed E-state index contributed by atoms with van der Waals surface area (Å²) in [7, 11) is 2.16. The third-order valence-electron chi connectivity index (χ3n) is 5.28. The van der Waals surface area contributed by atoms with Gasteiger partial charge >= 0.3 is 0 Å². The molecule has 1 amide bonds. The van der Waals surface area contributed by atoms with Crippen LogP contribution in [0.4, 0.5) is 11.8 Å². The molecular formula is C19H25BrN6OS. The van der Waals surface area contributed by atoms with Gasteiger partial charge in [-0.05, 0) is 36.0 Å². The largest absolute Gasteiger partial charge is 0.354 e. The molecule has 28 heavy (non-hydrogen) atoms. The Kier molecular flexibility index (Phi) is 5.84. The van der Waals surface area contributed by atoms with E-state index in [1.54, 1.807) is 0 Å². The molecule has 0 aromatic carbocycles. The lowest BCUT2D eigenvalue weighted by molar-refractivity contribution is 0.0751. The number of carbonyl (C=O) groups excluding carboxylic acids is 1. The Morgan fingerprint density at radius 3 is 2.32 bits per heavy atom. The Hall–Kier alpha value is -1.71. The molecule has 4 rings (SSSR count). The highest BCUT2D eigenvalue weighted by molar-refractivity contribution is 9.10. The maximum Gasteiger partial charge on any atom is 0.264 e. The lowest BCUT2D eigenvalue weighted by atomic mass is 10.3. The molecule has 2 aliphatic heterocycles. The van der Waals surface area contributed by atoms with E-state index in [4.69, 9.17) is 4.98 Å². The maximum absolute atomic E-state index is 12.7. The van der Waals surface area contributed by atoms with E-state index in [0.29, 0.717) is 13.1 Å². The second-order valence-electron chi connectivity index (χ2n) is 7.37. The first kappa shape index (κ1) is 19.6. The molecule has 4 heterocycles. The molecule has 0 atom stereocenters. The molecule has 0 N–H and O–H groups in total. The Labute approximate surface area is 178 Å². The van der Waals surface area contributed by atoms with Gasteiger partial charge in [0.1, 0.15) is 5.82 Å². The van der Waals surface area contributed by atoms with E-state index < -0.39 is 0 Å². The average molecular weight is 465 g/mol. The Bertz CT molecular complexity index is 843. The monoisotopic (exact) mass is 464 g/mol. The maximum atomic E-state index is 12.7. The number of nitrogens with zero attached hydrogens (tertiary/aromatic N) is 6. The van der Waals surface area contributed by atoms with Gasteiger partial charge < -0.3 is 19.6 Å². The third-order valence-corrected chi connectivity index (χ3v) is 6.96. The van der Waals surface area contributed by atoms with Crippen LogP contribution in [0, 0.1) is 6.92 Å². The molecule has 0 bridgehead atoms. The van der Waals surface area contributed by atoms with Crippen LogP contribution in [-0.2, 0) is 0 Å². The predicted molar refractivity (Wildman–Crippen MR) is 117 cm³/mol. The van der Waals surface area contributed by atoms with Gasteiger partial charge in [-0.1, -0.05) is 0 Å². The highest BCUT2D eigenvalue weighted by Gasteiger charge is 2.25. The molecule has 2 fully saturated rings. The highest BCUT2D eigenvalue weighted by atomic mass is 79.9. The average Bonchev–Trinajstić information content (AvgIpc) is 3.14. The first-order valence-electron chi connectivity index (χ1n) is 9.57. The van der Waals surface area contributed by atoms with Crippen molar-refractivity contribution in [2.75, 3.05) is 69.2 Å². The van der Waals surface area contributed by atoms with E-state index in [9.17, 15) is 4.79 Å². The van der Waals surface area contributed by atoms with Gasteiger partial charge in [0.05, 0.1) is 4.88 Å². The zero-order valence-electron chi connectivity index (χ0n) is 16.3. The Morgan fingerprint density at radius 2 is 1.68 bits per heavy atom. The number of amides is 1. The minimum atomic E-state index is 0.110. The second kappa shape index (κ2) is 8.34. The van der Waals surface area contributed by atoms with Crippen LogP contribution < -0.4 is 9.80 Å². The van der Waals surface area contributed by atoms with Crippen molar-refractivity contribution in [1.82, 2.24) is 19.8 Å². The highest BCUT2D eigenvalue weighted by Crippen LogP contribution is 2.23. The summed E-state index contributed by atoms with van der Waals surface area (Å²) in [4.78, 5) is 31.8.